The fourth-order valence-electron chi connectivity index (χ4n) is 8.04. The predicted molar refractivity (Wildman–Crippen MR) is 208 cm³/mol. The lowest BCUT2D eigenvalue weighted by Gasteiger charge is -2.29. The summed E-state index contributed by atoms with van der Waals surface area (Å²) in [7, 11) is 0. The summed E-state index contributed by atoms with van der Waals surface area (Å²) >= 11 is 0. The number of nitrogens with zero attached hydrogens (tertiary/aromatic N) is 2. The molecule has 0 spiro atoms. The second-order valence-electron chi connectivity index (χ2n) is 12.9. The van der Waals surface area contributed by atoms with E-state index in [0.29, 0.717) is 0 Å². The zero-order valence-electron chi connectivity index (χ0n) is 26.9. The van der Waals surface area contributed by atoms with E-state index in [2.05, 4.69) is 167 Å². The lowest BCUT2D eigenvalue weighted by Crippen LogP contribution is -2.13. The summed E-state index contributed by atoms with van der Waals surface area (Å²) in [5.41, 5.74) is 9.79. The quantitative estimate of drug-likeness (QED) is 0.192. The largest absolute Gasteiger partial charge is 0.455 e. The van der Waals surface area contributed by atoms with Crippen molar-refractivity contribution in [2.75, 3.05) is 4.90 Å². The molecule has 0 unspecified atom stereocenters. The molecule has 3 heterocycles. The zero-order chi connectivity index (χ0) is 32.8. The third-order valence-corrected chi connectivity index (χ3v) is 10.2. The van der Waals surface area contributed by atoms with Crippen molar-refractivity contribution in [2.24, 2.45) is 0 Å². The van der Waals surface area contributed by atoms with E-state index < -0.39 is 0 Å². The summed E-state index contributed by atoms with van der Waals surface area (Å²) in [5.74, 6) is 0. The summed E-state index contributed by atoms with van der Waals surface area (Å²) in [6.07, 6.45) is 0. The summed E-state index contributed by atoms with van der Waals surface area (Å²) < 4.78 is 15.9. The molecule has 0 aliphatic rings. The van der Waals surface area contributed by atoms with Gasteiger partial charge in [-0.05, 0) is 60.0 Å². The van der Waals surface area contributed by atoms with Crippen LogP contribution < -0.4 is 4.90 Å². The molecular weight excluding hydrogens is 613 g/mol. The van der Waals surface area contributed by atoms with Crippen molar-refractivity contribution in [3.63, 3.8) is 0 Å². The molecule has 3 aromatic heterocycles. The number of rotatable bonds is 4. The second kappa shape index (κ2) is 10.4. The fraction of sp³-hybridized carbons (Fsp3) is 0. The first-order valence-electron chi connectivity index (χ1n) is 16.9. The number of anilines is 3. The molecule has 0 N–H and O–H groups in total. The molecule has 0 radical (unpaired) electrons. The Morgan fingerprint density at radius 3 is 1.78 bits per heavy atom. The lowest BCUT2D eigenvalue weighted by molar-refractivity contribution is 0.669. The van der Waals surface area contributed by atoms with Gasteiger partial charge in [-0.15, -0.1) is 0 Å². The van der Waals surface area contributed by atoms with Gasteiger partial charge in [0.15, 0.2) is 5.58 Å². The molecule has 0 saturated heterocycles. The molecule has 11 aromatic rings. The van der Waals surface area contributed by atoms with Gasteiger partial charge in [0, 0.05) is 32.3 Å². The van der Waals surface area contributed by atoms with Crippen LogP contribution >= 0.6 is 0 Å². The number of fused-ring (bicyclic) bond motifs is 11. The van der Waals surface area contributed by atoms with E-state index in [1.807, 2.05) is 12.1 Å². The predicted octanol–water partition coefficient (Wildman–Crippen LogP) is 13.2. The molecule has 0 aliphatic carbocycles. The molecule has 4 nitrogen and oxygen atoms in total. The maximum Gasteiger partial charge on any atom is 0.159 e. The third kappa shape index (κ3) is 3.76. The molecule has 11 rings (SSSR count). The number of benzene rings is 8. The summed E-state index contributed by atoms with van der Waals surface area (Å²) in [4.78, 5) is 2.37. The standard InChI is InChI=1S/C46H28N2O2/c1-2-14-30-29(13-1)27-28-35-44-40(23-12-26-43(44)50-45(30)35)48(41-24-11-18-34-33-17-5-10-25-42(33)49-46(34)41)39-22-9-8-21-38(39)47-36-19-6-3-15-31(36)32-16-4-7-20-37(32)47/h1-28H. The minimum Gasteiger partial charge on any atom is -0.455 e. The molecule has 0 saturated carbocycles. The number of hydrogen-bond acceptors (Lipinski definition) is 3. The van der Waals surface area contributed by atoms with Gasteiger partial charge in [-0.2, -0.15) is 0 Å². The molecule has 0 amide bonds. The molecule has 234 valence electrons. The second-order valence-corrected chi connectivity index (χ2v) is 12.9. The van der Waals surface area contributed by atoms with Crippen LogP contribution in [0.5, 0.6) is 0 Å². The van der Waals surface area contributed by atoms with Crippen molar-refractivity contribution >= 4 is 93.5 Å². The summed E-state index contributed by atoms with van der Waals surface area (Å²) in [5, 5.41) is 9.00. The number of furan rings is 2. The van der Waals surface area contributed by atoms with Crippen molar-refractivity contribution in [2.45, 2.75) is 0 Å². The van der Waals surface area contributed by atoms with Crippen LogP contribution in [0, 0.1) is 0 Å². The van der Waals surface area contributed by atoms with Crippen molar-refractivity contribution in [1.82, 2.24) is 4.57 Å². The first kappa shape index (κ1) is 27.2. The maximum absolute atomic E-state index is 6.75. The highest BCUT2D eigenvalue weighted by Crippen LogP contribution is 2.49. The average molecular weight is 641 g/mol. The SMILES string of the molecule is c1ccc(-n2c3ccccc3c3ccccc32)c(N(c2cccc3c2oc2ccccc23)c2cccc3oc4c5ccccc5ccc4c23)c1. The molecule has 50 heavy (non-hydrogen) atoms. The van der Waals surface area contributed by atoms with E-state index in [0.717, 1.165) is 88.4 Å². The van der Waals surface area contributed by atoms with Gasteiger partial charge in [-0.25, -0.2) is 0 Å². The fourth-order valence-corrected chi connectivity index (χ4v) is 8.04. The average Bonchev–Trinajstić information content (AvgIpc) is 3.86. The van der Waals surface area contributed by atoms with Crippen molar-refractivity contribution in [3.05, 3.63) is 170 Å². The lowest BCUT2D eigenvalue weighted by atomic mass is 10.0. The van der Waals surface area contributed by atoms with Crippen molar-refractivity contribution in [3.8, 4) is 5.69 Å². The van der Waals surface area contributed by atoms with Crippen LogP contribution in [0.2, 0.25) is 0 Å². The molecule has 0 aliphatic heterocycles. The van der Waals surface area contributed by atoms with Crippen LogP contribution in [-0.4, -0.2) is 4.57 Å². The normalized spacial score (nSPS) is 12.0. The Kier molecular flexibility index (Phi) is 5.63. The van der Waals surface area contributed by atoms with Crippen LogP contribution in [-0.2, 0) is 0 Å². The smallest absolute Gasteiger partial charge is 0.159 e. The van der Waals surface area contributed by atoms with Crippen molar-refractivity contribution < 1.29 is 8.83 Å². The summed E-state index contributed by atoms with van der Waals surface area (Å²) in [6.45, 7) is 0. The zero-order valence-corrected chi connectivity index (χ0v) is 26.9. The van der Waals surface area contributed by atoms with E-state index >= 15 is 0 Å². The number of aromatic nitrogens is 1. The monoisotopic (exact) mass is 640 g/mol. The van der Waals surface area contributed by atoms with Gasteiger partial charge in [0.25, 0.3) is 0 Å². The molecule has 0 bridgehead atoms. The van der Waals surface area contributed by atoms with E-state index in [1.54, 1.807) is 0 Å². The van der Waals surface area contributed by atoms with Gasteiger partial charge in [-0.3, -0.25) is 0 Å². The van der Waals surface area contributed by atoms with Crippen LogP contribution in [0.4, 0.5) is 17.1 Å². The minimum atomic E-state index is 0.834. The Morgan fingerprint density at radius 1 is 0.360 bits per heavy atom. The summed E-state index contributed by atoms with van der Waals surface area (Å²) in [6, 6.07) is 60.0. The van der Waals surface area contributed by atoms with E-state index in [1.165, 1.54) is 10.8 Å². The molecular formula is C46H28N2O2. The Hall–Kier alpha value is -6.78. The molecule has 0 atom stereocenters. The highest BCUT2D eigenvalue weighted by molar-refractivity contribution is 6.21. The van der Waals surface area contributed by atoms with E-state index in [-0.39, 0.29) is 0 Å². The van der Waals surface area contributed by atoms with Gasteiger partial charge in [0.05, 0.1) is 39.2 Å². The number of para-hydroxylation sites is 6. The van der Waals surface area contributed by atoms with Crippen LogP contribution in [0.3, 0.4) is 0 Å². The van der Waals surface area contributed by atoms with E-state index in [9.17, 15) is 0 Å². The van der Waals surface area contributed by atoms with Crippen LogP contribution in [0.25, 0.3) is 82.1 Å². The topological polar surface area (TPSA) is 34.5 Å². The highest BCUT2D eigenvalue weighted by Gasteiger charge is 2.26. The number of hydrogen-bond donors (Lipinski definition) is 0. The van der Waals surface area contributed by atoms with Crippen LogP contribution in [0.15, 0.2) is 179 Å². The first-order valence-corrected chi connectivity index (χ1v) is 16.9. The van der Waals surface area contributed by atoms with Crippen LogP contribution in [0.1, 0.15) is 0 Å². The Morgan fingerprint density at radius 2 is 0.940 bits per heavy atom. The van der Waals surface area contributed by atoms with E-state index in [4.69, 9.17) is 8.83 Å². The molecule has 8 aromatic carbocycles. The minimum absolute atomic E-state index is 0.834. The molecule has 4 heteroatoms. The van der Waals surface area contributed by atoms with Gasteiger partial charge in [0.1, 0.15) is 16.7 Å². The molecule has 0 fully saturated rings. The maximum atomic E-state index is 6.75. The van der Waals surface area contributed by atoms with Crippen molar-refractivity contribution in [1.29, 1.82) is 0 Å². The first-order chi connectivity index (χ1) is 24.8. The third-order valence-electron chi connectivity index (χ3n) is 10.2. The van der Waals surface area contributed by atoms with Gasteiger partial charge < -0.3 is 18.3 Å². The van der Waals surface area contributed by atoms with Gasteiger partial charge >= 0.3 is 0 Å². The Labute approximate surface area is 286 Å². The Balaban J connectivity index is 1.29. The van der Waals surface area contributed by atoms with Gasteiger partial charge in [0.2, 0.25) is 0 Å². The highest BCUT2D eigenvalue weighted by atomic mass is 16.3. The van der Waals surface area contributed by atoms with Gasteiger partial charge in [-0.1, -0.05) is 115 Å². The Bertz CT molecular complexity index is 3070.